The van der Waals surface area contributed by atoms with Crippen LogP contribution < -0.4 is 0 Å². The third kappa shape index (κ3) is 16.5. The molecule has 1 rings (SSSR count). The summed E-state index contributed by atoms with van der Waals surface area (Å²) in [6.07, 6.45) is 8.14. The van der Waals surface area contributed by atoms with Gasteiger partial charge in [0.15, 0.2) is 0 Å². The molecule has 0 atom stereocenters. The van der Waals surface area contributed by atoms with Crippen molar-refractivity contribution in [1.29, 1.82) is 0 Å². The second-order valence-corrected chi connectivity index (χ2v) is 2.45. The smallest absolute Gasteiger partial charge is 0 e. The van der Waals surface area contributed by atoms with Crippen LogP contribution in [0.3, 0.4) is 0 Å². The summed E-state index contributed by atoms with van der Waals surface area (Å²) in [5, 5.41) is 0. The third-order valence-electron chi connectivity index (χ3n) is 1.55. The van der Waals surface area contributed by atoms with E-state index in [1.54, 1.807) is 18.0 Å². The first-order valence-electron chi connectivity index (χ1n) is 4.72. The number of nitrogens with zero attached hydrogens (tertiary/aromatic N) is 1. The van der Waals surface area contributed by atoms with E-state index >= 15 is 0 Å². The average molecular weight is 307 g/mol. The van der Waals surface area contributed by atoms with E-state index in [1.807, 2.05) is 18.2 Å². The molecule has 0 saturated heterocycles. The first-order valence-corrected chi connectivity index (χ1v) is 4.72. The summed E-state index contributed by atoms with van der Waals surface area (Å²) in [5.74, 6) is 0. The molecule has 0 bridgehead atoms. The van der Waals surface area contributed by atoms with Gasteiger partial charge in [-0.15, -0.1) is 0 Å². The largest absolute Gasteiger partial charge is 0 e. The summed E-state index contributed by atoms with van der Waals surface area (Å²) in [5.41, 5.74) is 0. The topological polar surface area (TPSA) is 89.2 Å². The van der Waals surface area contributed by atoms with Crippen molar-refractivity contribution >= 4 is 6.09 Å². The van der Waals surface area contributed by atoms with Crippen LogP contribution in [0, 0.1) is 20.0 Å². The minimum Gasteiger partial charge on any atom is 0 e. The van der Waals surface area contributed by atoms with Crippen LogP contribution in [0.2, 0.25) is 0 Å². The Morgan fingerprint density at radius 2 is 1.74 bits per heavy atom. The Morgan fingerprint density at radius 1 is 1.21 bits per heavy atom. The molecule has 1 heterocycles. The van der Waals surface area contributed by atoms with Gasteiger partial charge in [0, 0.05) is 29.8 Å². The first kappa shape index (κ1) is 26.1. The number of rotatable bonds is 1. The van der Waals surface area contributed by atoms with E-state index < -0.39 is 0 Å². The van der Waals surface area contributed by atoms with Gasteiger partial charge in [-0.2, -0.15) is 0 Å². The Balaban J connectivity index is -0.000000142. The quantitative estimate of drug-likeness (QED) is 0.420. The fraction of sp³-hybridized carbons (Fsp3) is 0.333. The molecular formula is C12H13FeNO5. The van der Waals surface area contributed by atoms with Crippen molar-refractivity contribution in [2.75, 3.05) is 13.2 Å². The Hall–Kier alpha value is -1.51. The molecule has 0 aromatic rings. The standard InChI is InChI=1S/C9H13NO2.3CO.Fe/c1-2-12-9(11)10-7-5-3-4-6-8-10;3*1-2;/h3-5,7H,2,6,8H2,1H3;;;;. The van der Waals surface area contributed by atoms with Crippen LogP contribution >= 0.6 is 0 Å². The van der Waals surface area contributed by atoms with Crippen LogP contribution in [-0.4, -0.2) is 24.1 Å². The molecule has 7 heteroatoms. The molecule has 0 aromatic carbocycles. The van der Waals surface area contributed by atoms with Crippen LogP contribution in [0.15, 0.2) is 24.4 Å². The molecule has 1 amide bonds. The Morgan fingerprint density at radius 3 is 2.21 bits per heavy atom. The first-order chi connectivity index (χ1) is 8.84. The molecule has 0 unspecified atom stereocenters. The molecular weight excluding hydrogens is 294 g/mol. The van der Waals surface area contributed by atoms with Gasteiger partial charge in [-0.3, -0.25) is 4.90 Å². The normalized spacial score (nSPS) is 10.4. The van der Waals surface area contributed by atoms with Crippen LogP contribution in [0.25, 0.3) is 0 Å². The molecule has 19 heavy (non-hydrogen) atoms. The number of carbonyl (C=O) groups is 1. The van der Waals surface area contributed by atoms with Crippen LogP contribution in [0.4, 0.5) is 4.79 Å². The van der Waals surface area contributed by atoms with Crippen molar-refractivity contribution < 1.29 is 40.6 Å². The van der Waals surface area contributed by atoms with Gasteiger partial charge in [-0.1, -0.05) is 12.2 Å². The summed E-state index contributed by atoms with van der Waals surface area (Å²) in [6, 6.07) is 0. The zero-order valence-electron chi connectivity index (χ0n) is 10.3. The second-order valence-electron chi connectivity index (χ2n) is 2.45. The minimum atomic E-state index is -0.266. The summed E-state index contributed by atoms with van der Waals surface area (Å²) in [7, 11) is 0. The Kier molecular flexibility index (Phi) is 34.9. The van der Waals surface area contributed by atoms with E-state index in [0.717, 1.165) is 6.42 Å². The molecule has 104 valence electrons. The van der Waals surface area contributed by atoms with Crippen LogP contribution in [0.5, 0.6) is 0 Å². The summed E-state index contributed by atoms with van der Waals surface area (Å²) in [6.45, 7) is 16.4. The van der Waals surface area contributed by atoms with Crippen molar-refractivity contribution in [3.8, 4) is 0 Å². The predicted octanol–water partition coefficient (Wildman–Crippen LogP) is 1.80. The van der Waals surface area contributed by atoms with Gasteiger partial charge in [-0.05, 0) is 19.4 Å². The minimum absolute atomic E-state index is 0. The maximum Gasteiger partial charge on any atom is 0 e. The maximum atomic E-state index is 11.2. The van der Waals surface area contributed by atoms with E-state index in [1.165, 1.54) is 0 Å². The molecule has 0 spiro atoms. The summed E-state index contributed by atoms with van der Waals surface area (Å²) >= 11 is 0. The molecule has 6 nitrogen and oxygen atoms in total. The fourth-order valence-corrected chi connectivity index (χ4v) is 0.975. The second kappa shape index (κ2) is 25.4. The Bertz CT molecular complexity index is 306. The Labute approximate surface area is 123 Å². The molecule has 0 radical (unpaired) electrons. The number of hydrogen-bond donors (Lipinski definition) is 0. The number of allylic oxidation sites excluding steroid dienone is 2. The van der Waals surface area contributed by atoms with Crippen LogP contribution in [0.1, 0.15) is 13.3 Å². The van der Waals surface area contributed by atoms with Crippen molar-refractivity contribution in [2.45, 2.75) is 13.3 Å². The van der Waals surface area contributed by atoms with Gasteiger partial charge < -0.3 is 4.74 Å². The number of ether oxygens (including phenoxy) is 1. The van der Waals surface area contributed by atoms with E-state index in [-0.39, 0.29) is 23.2 Å². The maximum absolute atomic E-state index is 11.2. The van der Waals surface area contributed by atoms with Gasteiger partial charge in [-0.25, -0.2) is 4.79 Å². The van der Waals surface area contributed by atoms with Gasteiger partial charge in [0.25, 0.3) is 0 Å². The molecule has 0 fully saturated rings. The number of amides is 1. The molecule has 0 aliphatic carbocycles. The molecule has 0 aromatic heterocycles. The van der Waals surface area contributed by atoms with E-state index in [9.17, 15) is 4.79 Å². The molecule has 1 aliphatic rings. The summed E-state index contributed by atoms with van der Waals surface area (Å²) < 4.78 is 27.3. The van der Waals surface area contributed by atoms with Gasteiger partial charge in [0.05, 0.1) is 6.61 Å². The fourth-order valence-electron chi connectivity index (χ4n) is 0.975. The average Bonchev–Trinajstić information content (AvgIpc) is 2.75. The van der Waals surface area contributed by atoms with E-state index in [0.29, 0.717) is 13.2 Å². The number of carbonyl (C=O) groups excluding carboxylic acids is 1. The number of hydrogen-bond acceptors (Lipinski definition) is 2. The van der Waals surface area contributed by atoms with Gasteiger partial charge in [0.1, 0.15) is 0 Å². The molecule has 0 N–H and O–H groups in total. The zero-order chi connectivity index (χ0) is 14.8. The SMILES string of the molecule is CCOC(=O)N1C=CC=CCC1.[C-]#[O+].[C-]#[O+].[C-]#[O+].[Fe]. The monoisotopic (exact) mass is 307 g/mol. The van der Waals surface area contributed by atoms with Crippen LogP contribution in [-0.2, 0) is 35.8 Å². The molecule has 0 saturated carbocycles. The van der Waals surface area contributed by atoms with Gasteiger partial charge in [0.2, 0.25) is 0 Å². The summed E-state index contributed by atoms with van der Waals surface area (Å²) in [4.78, 5) is 12.7. The van der Waals surface area contributed by atoms with Crippen molar-refractivity contribution in [2.24, 2.45) is 0 Å². The van der Waals surface area contributed by atoms with Crippen molar-refractivity contribution in [3.05, 3.63) is 44.4 Å². The van der Waals surface area contributed by atoms with Gasteiger partial charge >= 0.3 is 40.0 Å². The van der Waals surface area contributed by atoms with E-state index in [2.05, 4.69) is 20.0 Å². The zero-order valence-corrected chi connectivity index (χ0v) is 11.4. The van der Waals surface area contributed by atoms with Crippen molar-refractivity contribution in [3.63, 3.8) is 0 Å². The predicted molar refractivity (Wildman–Crippen MR) is 58.4 cm³/mol. The van der Waals surface area contributed by atoms with E-state index in [4.69, 9.17) is 18.7 Å². The molecule has 1 aliphatic heterocycles. The van der Waals surface area contributed by atoms with Crippen molar-refractivity contribution in [1.82, 2.24) is 4.90 Å². The third-order valence-corrected chi connectivity index (χ3v) is 1.55.